The fraction of sp³-hybridized carbons (Fsp3) is 0.455. The zero-order chi connectivity index (χ0) is 9.97. The van der Waals surface area contributed by atoms with E-state index in [2.05, 4.69) is 10.6 Å². The van der Waals surface area contributed by atoms with Gasteiger partial charge in [-0.2, -0.15) is 0 Å². The van der Waals surface area contributed by atoms with Crippen molar-refractivity contribution < 1.29 is 4.39 Å². The van der Waals surface area contributed by atoms with Crippen LogP contribution in [-0.4, -0.2) is 19.6 Å². The lowest BCUT2D eigenvalue weighted by atomic mass is 9.99. The van der Waals surface area contributed by atoms with E-state index in [1.54, 1.807) is 6.07 Å². The van der Waals surface area contributed by atoms with Crippen molar-refractivity contribution >= 4 is 0 Å². The highest BCUT2D eigenvalue weighted by atomic mass is 19.1. The molecule has 2 rings (SSSR count). The largest absolute Gasteiger partial charge is 0.314 e. The fourth-order valence-electron chi connectivity index (χ4n) is 1.94. The van der Waals surface area contributed by atoms with Gasteiger partial charge in [-0.05, 0) is 18.6 Å². The first-order chi connectivity index (χ1) is 6.79. The van der Waals surface area contributed by atoms with E-state index < -0.39 is 0 Å². The van der Waals surface area contributed by atoms with Crippen LogP contribution in [0.15, 0.2) is 18.2 Å². The molecule has 1 atom stereocenters. The van der Waals surface area contributed by atoms with Crippen LogP contribution in [0.5, 0.6) is 0 Å². The Bertz CT molecular complexity index is 299. The smallest absolute Gasteiger partial charge is 0.128 e. The van der Waals surface area contributed by atoms with E-state index in [0.29, 0.717) is 0 Å². The Morgan fingerprint density at radius 3 is 2.86 bits per heavy atom. The lowest BCUT2D eigenvalue weighted by Crippen LogP contribution is -2.43. The summed E-state index contributed by atoms with van der Waals surface area (Å²) in [6.45, 7) is 4.62. The highest BCUT2D eigenvalue weighted by Gasteiger charge is 2.19. The molecule has 0 bridgehead atoms. The standard InChI is InChI=1S/C11H15FN2/c1-8-3-2-4-9(12)11(8)10-7-13-5-6-14-10/h2-4,10,13-14H,5-7H2,1H3/t10-/m0/s1. The third kappa shape index (κ3) is 1.79. The molecule has 1 aliphatic heterocycles. The quantitative estimate of drug-likeness (QED) is 0.705. The summed E-state index contributed by atoms with van der Waals surface area (Å²) in [5.41, 5.74) is 1.82. The first-order valence-electron chi connectivity index (χ1n) is 4.98. The van der Waals surface area contributed by atoms with Crippen LogP contribution >= 0.6 is 0 Å². The zero-order valence-electron chi connectivity index (χ0n) is 8.31. The summed E-state index contributed by atoms with van der Waals surface area (Å²) in [6, 6.07) is 5.35. The molecule has 1 aromatic rings. The minimum Gasteiger partial charge on any atom is -0.314 e. The molecular formula is C11H15FN2. The maximum absolute atomic E-state index is 13.6. The summed E-state index contributed by atoms with van der Waals surface area (Å²) >= 11 is 0. The first-order valence-corrected chi connectivity index (χ1v) is 4.98. The SMILES string of the molecule is Cc1cccc(F)c1[C@@H]1CNCCN1. The molecule has 1 fully saturated rings. The fourth-order valence-corrected chi connectivity index (χ4v) is 1.94. The van der Waals surface area contributed by atoms with E-state index in [1.165, 1.54) is 6.07 Å². The highest BCUT2D eigenvalue weighted by molar-refractivity contribution is 5.30. The van der Waals surface area contributed by atoms with Crippen molar-refractivity contribution in [2.45, 2.75) is 13.0 Å². The predicted octanol–water partition coefficient (Wildman–Crippen LogP) is 1.37. The summed E-state index contributed by atoms with van der Waals surface area (Å²) in [6.07, 6.45) is 0. The average molecular weight is 194 g/mol. The summed E-state index contributed by atoms with van der Waals surface area (Å²) < 4.78 is 13.6. The van der Waals surface area contributed by atoms with Gasteiger partial charge in [0.15, 0.2) is 0 Å². The molecule has 0 aliphatic carbocycles. The number of nitrogens with one attached hydrogen (secondary N) is 2. The van der Waals surface area contributed by atoms with Crippen LogP contribution in [0.2, 0.25) is 0 Å². The molecule has 3 heteroatoms. The monoisotopic (exact) mass is 194 g/mol. The van der Waals surface area contributed by atoms with Crippen LogP contribution in [0.25, 0.3) is 0 Å². The van der Waals surface area contributed by atoms with Crippen molar-refractivity contribution in [2.24, 2.45) is 0 Å². The number of halogens is 1. The zero-order valence-corrected chi connectivity index (χ0v) is 8.31. The van der Waals surface area contributed by atoms with Gasteiger partial charge in [-0.25, -0.2) is 4.39 Å². The number of piperazine rings is 1. The third-order valence-corrected chi connectivity index (χ3v) is 2.66. The molecule has 0 saturated carbocycles. The molecule has 0 amide bonds. The van der Waals surface area contributed by atoms with Crippen molar-refractivity contribution in [1.29, 1.82) is 0 Å². The molecular weight excluding hydrogens is 179 g/mol. The van der Waals surface area contributed by atoms with Gasteiger partial charge in [-0.15, -0.1) is 0 Å². The van der Waals surface area contributed by atoms with Gasteiger partial charge < -0.3 is 10.6 Å². The topological polar surface area (TPSA) is 24.1 Å². The van der Waals surface area contributed by atoms with Crippen LogP contribution in [0.1, 0.15) is 17.2 Å². The van der Waals surface area contributed by atoms with Gasteiger partial charge in [-0.3, -0.25) is 0 Å². The van der Waals surface area contributed by atoms with E-state index in [1.807, 2.05) is 13.0 Å². The number of benzene rings is 1. The van der Waals surface area contributed by atoms with E-state index in [0.717, 1.165) is 30.8 Å². The van der Waals surface area contributed by atoms with Gasteiger partial charge in [0.1, 0.15) is 5.82 Å². The number of rotatable bonds is 1. The van der Waals surface area contributed by atoms with E-state index in [4.69, 9.17) is 0 Å². The summed E-state index contributed by atoms with van der Waals surface area (Å²) in [7, 11) is 0. The van der Waals surface area contributed by atoms with Gasteiger partial charge >= 0.3 is 0 Å². The normalized spacial score (nSPS) is 22.3. The summed E-state index contributed by atoms with van der Waals surface area (Å²) in [4.78, 5) is 0. The molecule has 2 nitrogen and oxygen atoms in total. The van der Waals surface area contributed by atoms with Crippen molar-refractivity contribution in [3.63, 3.8) is 0 Å². The molecule has 0 aromatic heterocycles. The molecule has 1 aliphatic rings. The summed E-state index contributed by atoms with van der Waals surface area (Å²) in [5.74, 6) is -0.105. The van der Waals surface area contributed by atoms with Crippen molar-refractivity contribution in [3.05, 3.63) is 35.1 Å². The minimum atomic E-state index is -0.105. The number of hydrogen-bond acceptors (Lipinski definition) is 2. The summed E-state index contributed by atoms with van der Waals surface area (Å²) in [5, 5.41) is 6.57. The molecule has 1 saturated heterocycles. The Morgan fingerprint density at radius 1 is 1.36 bits per heavy atom. The molecule has 1 heterocycles. The van der Waals surface area contributed by atoms with Gasteiger partial charge in [0.25, 0.3) is 0 Å². The molecule has 1 aromatic carbocycles. The second-order valence-electron chi connectivity index (χ2n) is 3.68. The van der Waals surface area contributed by atoms with Crippen LogP contribution < -0.4 is 10.6 Å². The minimum absolute atomic E-state index is 0.105. The Labute approximate surface area is 83.5 Å². The molecule has 76 valence electrons. The van der Waals surface area contributed by atoms with E-state index >= 15 is 0 Å². The van der Waals surface area contributed by atoms with Crippen LogP contribution in [0, 0.1) is 12.7 Å². The third-order valence-electron chi connectivity index (χ3n) is 2.66. The van der Waals surface area contributed by atoms with Crippen LogP contribution in [0.3, 0.4) is 0 Å². The number of aryl methyl sites for hydroxylation is 1. The van der Waals surface area contributed by atoms with Gasteiger partial charge in [-0.1, -0.05) is 12.1 Å². The lowest BCUT2D eigenvalue weighted by Gasteiger charge is -2.26. The predicted molar refractivity (Wildman–Crippen MR) is 54.8 cm³/mol. The maximum atomic E-state index is 13.6. The molecule has 0 spiro atoms. The number of hydrogen-bond donors (Lipinski definition) is 2. The van der Waals surface area contributed by atoms with E-state index in [9.17, 15) is 4.39 Å². The van der Waals surface area contributed by atoms with Crippen LogP contribution in [0.4, 0.5) is 4.39 Å². The maximum Gasteiger partial charge on any atom is 0.128 e. The van der Waals surface area contributed by atoms with Gasteiger partial charge in [0.05, 0.1) is 0 Å². The lowest BCUT2D eigenvalue weighted by molar-refractivity contribution is 0.415. The highest BCUT2D eigenvalue weighted by Crippen LogP contribution is 2.21. The average Bonchev–Trinajstić information content (AvgIpc) is 2.19. The first kappa shape index (κ1) is 9.62. The molecule has 14 heavy (non-hydrogen) atoms. The Hall–Kier alpha value is -0.930. The second-order valence-corrected chi connectivity index (χ2v) is 3.68. The van der Waals surface area contributed by atoms with Crippen molar-refractivity contribution in [3.8, 4) is 0 Å². The Morgan fingerprint density at radius 2 is 2.21 bits per heavy atom. The molecule has 0 unspecified atom stereocenters. The Balaban J connectivity index is 2.29. The van der Waals surface area contributed by atoms with Crippen molar-refractivity contribution in [2.75, 3.05) is 19.6 Å². The Kier molecular flexibility index (Phi) is 2.79. The van der Waals surface area contributed by atoms with Crippen LogP contribution in [-0.2, 0) is 0 Å². The molecule has 2 N–H and O–H groups in total. The van der Waals surface area contributed by atoms with Gasteiger partial charge in [0, 0.05) is 31.2 Å². The van der Waals surface area contributed by atoms with Gasteiger partial charge in [0.2, 0.25) is 0 Å². The van der Waals surface area contributed by atoms with E-state index in [-0.39, 0.29) is 11.9 Å². The van der Waals surface area contributed by atoms with Crippen molar-refractivity contribution in [1.82, 2.24) is 10.6 Å². The second kappa shape index (κ2) is 4.07. The molecule has 0 radical (unpaired) electrons.